The van der Waals surface area contributed by atoms with Crippen LogP contribution in [0.2, 0.25) is 5.02 Å². The number of carbonyl (C=O) groups excluding carboxylic acids is 1. The van der Waals surface area contributed by atoms with Gasteiger partial charge in [0.05, 0.1) is 5.69 Å². The van der Waals surface area contributed by atoms with E-state index in [9.17, 15) is 4.79 Å². The molecule has 134 valence electrons. The first-order valence-corrected chi connectivity index (χ1v) is 9.03. The van der Waals surface area contributed by atoms with Gasteiger partial charge in [0.2, 0.25) is 5.95 Å². The van der Waals surface area contributed by atoms with Crippen LogP contribution >= 0.6 is 11.6 Å². The van der Waals surface area contributed by atoms with Crippen LogP contribution in [0.1, 0.15) is 23.1 Å². The number of hydrogen-bond acceptors (Lipinski definition) is 5. The van der Waals surface area contributed by atoms with E-state index in [1.807, 2.05) is 22.4 Å². The standard InChI is InChI=1S/C18H19ClN6O/c1-2-14-16(25-7-4-13(19)12-15(25)22-14)17(26)23-8-10-24(11-9-23)18-20-5-3-6-21-18/h3-7,12H,2,8-11H2,1H3. The summed E-state index contributed by atoms with van der Waals surface area (Å²) in [5.74, 6) is 0.712. The van der Waals surface area contributed by atoms with Gasteiger partial charge in [-0.1, -0.05) is 18.5 Å². The fourth-order valence-electron chi connectivity index (χ4n) is 3.26. The van der Waals surface area contributed by atoms with E-state index in [0.717, 1.165) is 5.69 Å². The van der Waals surface area contributed by atoms with Gasteiger partial charge >= 0.3 is 0 Å². The zero-order valence-corrected chi connectivity index (χ0v) is 15.2. The largest absolute Gasteiger partial charge is 0.337 e. The molecule has 1 aliphatic rings. The molecule has 1 saturated heterocycles. The molecule has 0 radical (unpaired) electrons. The minimum Gasteiger partial charge on any atom is -0.337 e. The number of hydrogen-bond donors (Lipinski definition) is 0. The zero-order valence-electron chi connectivity index (χ0n) is 14.5. The fraction of sp³-hybridized carbons (Fsp3) is 0.333. The number of halogens is 1. The molecule has 0 bridgehead atoms. The van der Waals surface area contributed by atoms with Crippen LogP contribution in [0.4, 0.5) is 5.95 Å². The van der Waals surface area contributed by atoms with Gasteiger partial charge in [-0.05, 0) is 18.6 Å². The maximum atomic E-state index is 13.2. The molecule has 0 unspecified atom stereocenters. The molecule has 0 spiro atoms. The van der Waals surface area contributed by atoms with E-state index >= 15 is 0 Å². The summed E-state index contributed by atoms with van der Waals surface area (Å²) in [6, 6.07) is 5.35. The number of nitrogens with zero attached hydrogens (tertiary/aromatic N) is 6. The Morgan fingerprint density at radius 1 is 1.19 bits per heavy atom. The van der Waals surface area contributed by atoms with Gasteiger partial charge in [0, 0.05) is 55.9 Å². The van der Waals surface area contributed by atoms with Gasteiger partial charge < -0.3 is 9.80 Å². The van der Waals surface area contributed by atoms with Gasteiger partial charge in [-0.3, -0.25) is 9.20 Å². The van der Waals surface area contributed by atoms with Gasteiger partial charge in [0.15, 0.2) is 0 Å². The third-order valence-electron chi connectivity index (χ3n) is 4.60. The molecule has 1 amide bonds. The van der Waals surface area contributed by atoms with E-state index in [1.165, 1.54) is 0 Å². The predicted octanol–water partition coefficient (Wildman–Crippen LogP) is 2.30. The Morgan fingerprint density at radius 3 is 2.62 bits per heavy atom. The number of carbonyl (C=O) groups is 1. The number of pyridine rings is 1. The smallest absolute Gasteiger partial charge is 0.272 e. The maximum absolute atomic E-state index is 13.2. The Kier molecular flexibility index (Phi) is 4.46. The van der Waals surface area contributed by atoms with Gasteiger partial charge in [0.1, 0.15) is 11.3 Å². The second kappa shape index (κ2) is 6.92. The average molecular weight is 371 g/mol. The quantitative estimate of drug-likeness (QED) is 0.707. The molecule has 3 aromatic heterocycles. The molecule has 0 N–H and O–H groups in total. The van der Waals surface area contributed by atoms with E-state index in [-0.39, 0.29) is 5.91 Å². The molecule has 3 aromatic rings. The van der Waals surface area contributed by atoms with E-state index in [1.54, 1.807) is 30.6 Å². The molecule has 1 fully saturated rings. The van der Waals surface area contributed by atoms with Gasteiger partial charge in [-0.15, -0.1) is 0 Å². The summed E-state index contributed by atoms with van der Waals surface area (Å²) >= 11 is 6.06. The maximum Gasteiger partial charge on any atom is 0.272 e. The summed E-state index contributed by atoms with van der Waals surface area (Å²) in [5, 5.41) is 0.612. The lowest BCUT2D eigenvalue weighted by molar-refractivity contribution is 0.0738. The van der Waals surface area contributed by atoms with Crippen molar-refractivity contribution in [3.05, 3.63) is 53.2 Å². The molecule has 1 aliphatic heterocycles. The fourth-order valence-corrected chi connectivity index (χ4v) is 3.41. The van der Waals surface area contributed by atoms with Crippen molar-refractivity contribution in [1.29, 1.82) is 0 Å². The SMILES string of the molecule is CCc1nc2cc(Cl)ccn2c1C(=O)N1CCN(c2ncccn2)CC1. The average Bonchev–Trinajstić information content (AvgIpc) is 3.05. The molecule has 0 saturated carbocycles. The lowest BCUT2D eigenvalue weighted by Gasteiger charge is -2.34. The lowest BCUT2D eigenvalue weighted by Crippen LogP contribution is -2.49. The van der Waals surface area contributed by atoms with Crippen molar-refractivity contribution in [2.75, 3.05) is 31.1 Å². The first-order valence-electron chi connectivity index (χ1n) is 8.65. The molecule has 8 heteroatoms. The van der Waals surface area contributed by atoms with Crippen LogP contribution in [0.5, 0.6) is 0 Å². The molecule has 0 aromatic carbocycles. The summed E-state index contributed by atoms with van der Waals surface area (Å²) in [4.78, 5) is 30.3. The number of piperazine rings is 1. The number of imidazole rings is 1. The van der Waals surface area contributed by atoms with Crippen LogP contribution in [0.15, 0.2) is 36.8 Å². The third-order valence-corrected chi connectivity index (χ3v) is 4.83. The Bertz CT molecular complexity index is 934. The monoisotopic (exact) mass is 370 g/mol. The Balaban J connectivity index is 1.56. The normalized spacial score (nSPS) is 14.8. The number of aromatic nitrogens is 4. The van der Waals surface area contributed by atoms with E-state index in [2.05, 4.69) is 19.9 Å². The summed E-state index contributed by atoms with van der Waals surface area (Å²) in [7, 11) is 0. The Morgan fingerprint density at radius 2 is 1.92 bits per heavy atom. The van der Waals surface area contributed by atoms with Crippen LogP contribution in [-0.4, -0.2) is 56.3 Å². The number of fused-ring (bicyclic) bond motifs is 1. The molecule has 0 atom stereocenters. The number of aryl methyl sites for hydroxylation is 1. The highest BCUT2D eigenvalue weighted by molar-refractivity contribution is 6.30. The minimum atomic E-state index is 0.00491. The van der Waals surface area contributed by atoms with Gasteiger partial charge in [0.25, 0.3) is 5.91 Å². The topological polar surface area (TPSA) is 66.6 Å². The predicted molar refractivity (Wildman–Crippen MR) is 99.7 cm³/mol. The van der Waals surface area contributed by atoms with Gasteiger partial charge in [-0.2, -0.15) is 0 Å². The molecule has 4 rings (SSSR count). The van der Waals surface area contributed by atoms with Crippen molar-refractivity contribution in [2.45, 2.75) is 13.3 Å². The third kappa shape index (κ3) is 2.99. The van der Waals surface area contributed by atoms with Crippen molar-refractivity contribution >= 4 is 29.1 Å². The molecular formula is C18H19ClN6O. The minimum absolute atomic E-state index is 0.00491. The van der Waals surface area contributed by atoms with Crippen LogP contribution in [0.25, 0.3) is 5.65 Å². The Hall–Kier alpha value is -2.67. The van der Waals surface area contributed by atoms with Crippen LogP contribution in [-0.2, 0) is 6.42 Å². The summed E-state index contributed by atoms with van der Waals surface area (Å²) in [6.07, 6.45) is 5.97. The highest BCUT2D eigenvalue weighted by Gasteiger charge is 2.27. The summed E-state index contributed by atoms with van der Waals surface area (Å²) in [6.45, 7) is 4.67. The lowest BCUT2D eigenvalue weighted by atomic mass is 10.2. The summed E-state index contributed by atoms with van der Waals surface area (Å²) < 4.78 is 1.83. The van der Waals surface area contributed by atoms with Crippen molar-refractivity contribution in [3.63, 3.8) is 0 Å². The van der Waals surface area contributed by atoms with Crippen LogP contribution < -0.4 is 4.90 Å². The van der Waals surface area contributed by atoms with Crippen molar-refractivity contribution in [3.8, 4) is 0 Å². The van der Waals surface area contributed by atoms with E-state index in [0.29, 0.717) is 54.9 Å². The molecule has 7 nitrogen and oxygen atoms in total. The molecule has 26 heavy (non-hydrogen) atoms. The van der Waals surface area contributed by atoms with Crippen molar-refractivity contribution < 1.29 is 4.79 Å². The van der Waals surface area contributed by atoms with Crippen LogP contribution in [0.3, 0.4) is 0 Å². The second-order valence-electron chi connectivity index (χ2n) is 6.16. The highest BCUT2D eigenvalue weighted by atomic mass is 35.5. The molecular weight excluding hydrogens is 352 g/mol. The number of amides is 1. The zero-order chi connectivity index (χ0) is 18.1. The van der Waals surface area contributed by atoms with E-state index < -0.39 is 0 Å². The number of rotatable bonds is 3. The number of anilines is 1. The van der Waals surface area contributed by atoms with E-state index in [4.69, 9.17) is 11.6 Å². The Labute approximate surface area is 156 Å². The second-order valence-corrected chi connectivity index (χ2v) is 6.60. The van der Waals surface area contributed by atoms with Gasteiger partial charge in [-0.25, -0.2) is 15.0 Å². The molecule has 4 heterocycles. The highest BCUT2D eigenvalue weighted by Crippen LogP contribution is 2.20. The van der Waals surface area contributed by atoms with Crippen molar-refractivity contribution in [1.82, 2.24) is 24.3 Å². The summed E-state index contributed by atoms with van der Waals surface area (Å²) in [5.41, 5.74) is 2.13. The van der Waals surface area contributed by atoms with Crippen molar-refractivity contribution in [2.24, 2.45) is 0 Å². The van der Waals surface area contributed by atoms with Crippen LogP contribution in [0, 0.1) is 0 Å². The first kappa shape index (κ1) is 16.8. The first-order chi connectivity index (χ1) is 12.7. The molecule has 0 aliphatic carbocycles.